The van der Waals surface area contributed by atoms with Crippen LogP contribution in [-0.4, -0.2) is 25.9 Å². The van der Waals surface area contributed by atoms with Crippen LogP contribution in [0.1, 0.15) is 13.8 Å². The maximum absolute atomic E-state index is 5.00. The van der Waals surface area contributed by atoms with Crippen LogP contribution in [0.15, 0.2) is 0 Å². The molecule has 0 rings (SSSR count). The molecule has 3 nitrogen and oxygen atoms in total. The van der Waals surface area contributed by atoms with E-state index in [4.69, 9.17) is 11.9 Å². The van der Waals surface area contributed by atoms with E-state index in [1.165, 1.54) is 0 Å². The number of rotatable bonds is 6. The molecule has 0 bridgehead atoms. The van der Waals surface area contributed by atoms with Gasteiger partial charge in [-0.1, -0.05) is 6.92 Å². The van der Waals surface area contributed by atoms with Crippen molar-refractivity contribution in [1.29, 1.82) is 0 Å². The van der Waals surface area contributed by atoms with E-state index < -0.39 is 0 Å². The highest BCUT2D eigenvalue weighted by atomic mass is 35.5. The van der Waals surface area contributed by atoms with Crippen molar-refractivity contribution in [1.82, 2.24) is 10.6 Å². The summed E-state index contributed by atoms with van der Waals surface area (Å²) in [6.07, 6.45) is 0. The van der Waals surface area contributed by atoms with Crippen LogP contribution in [0.4, 0.5) is 0 Å². The van der Waals surface area contributed by atoms with Gasteiger partial charge in [0.25, 0.3) is 0 Å². The molecule has 0 saturated heterocycles. The van der Waals surface area contributed by atoms with E-state index in [2.05, 4.69) is 28.8 Å². The van der Waals surface area contributed by atoms with Crippen molar-refractivity contribution in [2.75, 3.05) is 19.8 Å². The number of likely N-dealkylation sites (N-methyl/N-ethyl adjacent to an activating group) is 1. The zero-order chi connectivity index (χ0) is 7.82. The fraction of sp³-hybridized carbons (Fsp3) is 1.00. The van der Waals surface area contributed by atoms with E-state index >= 15 is 0 Å². The predicted octanol–water partition coefficient (Wildman–Crippen LogP) is 0.702. The smallest absolute Gasteiger partial charge is 0.119 e. The quantitative estimate of drug-likeness (QED) is 0.570. The molecule has 0 aliphatic carbocycles. The molecule has 4 heteroatoms. The first-order valence-corrected chi connectivity index (χ1v) is 3.79. The maximum atomic E-state index is 5.00. The molecule has 0 amide bonds. The average Bonchev–Trinajstić information content (AvgIpc) is 1.97. The Hall–Kier alpha value is 0.170. The lowest BCUT2D eigenvalue weighted by Gasteiger charge is -2.11. The normalized spacial score (nSPS) is 13.5. The average molecular weight is 167 g/mol. The zero-order valence-electron chi connectivity index (χ0n) is 6.48. The lowest BCUT2D eigenvalue weighted by Crippen LogP contribution is -2.36. The number of halogens is 1. The van der Waals surface area contributed by atoms with Gasteiger partial charge < -0.3 is 5.32 Å². The monoisotopic (exact) mass is 166 g/mol. The van der Waals surface area contributed by atoms with Crippen LogP contribution in [0.25, 0.3) is 0 Å². The van der Waals surface area contributed by atoms with Gasteiger partial charge in [0.05, 0.1) is 11.9 Å². The fourth-order valence-electron chi connectivity index (χ4n) is 0.607. The highest BCUT2D eigenvalue weighted by Crippen LogP contribution is 1.80. The molecule has 0 radical (unpaired) electrons. The second-order valence-electron chi connectivity index (χ2n) is 2.17. The minimum absolute atomic E-state index is 0.397. The molecule has 0 aliphatic rings. The highest BCUT2D eigenvalue weighted by molar-refractivity contribution is 6.07. The van der Waals surface area contributed by atoms with Crippen LogP contribution in [0.3, 0.4) is 0 Å². The van der Waals surface area contributed by atoms with Crippen LogP contribution in [-0.2, 0) is 4.29 Å². The summed E-state index contributed by atoms with van der Waals surface area (Å²) in [4.78, 5) is 0. The maximum Gasteiger partial charge on any atom is 0.119 e. The van der Waals surface area contributed by atoms with E-state index in [1.54, 1.807) is 0 Å². The lowest BCUT2D eigenvalue weighted by atomic mass is 10.3. The molecule has 0 fully saturated rings. The molecule has 0 aliphatic heterocycles. The second-order valence-corrected chi connectivity index (χ2v) is 2.38. The van der Waals surface area contributed by atoms with Crippen LogP contribution in [0, 0.1) is 0 Å². The van der Waals surface area contributed by atoms with Gasteiger partial charge in [-0.15, -0.1) is 0 Å². The van der Waals surface area contributed by atoms with Crippen LogP contribution in [0.2, 0.25) is 0 Å². The topological polar surface area (TPSA) is 33.3 Å². The molecule has 0 aromatic rings. The first kappa shape index (κ1) is 10.2. The molecule has 0 spiro atoms. The molecule has 62 valence electrons. The van der Waals surface area contributed by atoms with Gasteiger partial charge in [0.1, 0.15) is 6.73 Å². The van der Waals surface area contributed by atoms with Gasteiger partial charge in [-0.3, -0.25) is 9.61 Å². The van der Waals surface area contributed by atoms with Crippen molar-refractivity contribution < 1.29 is 4.29 Å². The van der Waals surface area contributed by atoms with Crippen molar-refractivity contribution in [3.05, 3.63) is 0 Å². The Kier molecular flexibility index (Phi) is 7.40. The van der Waals surface area contributed by atoms with E-state index in [0.717, 1.165) is 13.1 Å². The molecule has 0 heterocycles. The third-order valence-electron chi connectivity index (χ3n) is 1.19. The van der Waals surface area contributed by atoms with E-state index in [0.29, 0.717) is 12.8 Å². The molecular weight excluding hydrogens is 152 g/mol. The van der Waals surface area contributed by atoms with Crippen molar-refractivity contribution in [2.45, 2.75) is 19.9 Å². The Balaban J connectivity index is 3.00. The molecule has 10 heavy (non-hydrogen) atoms. The van der Waals surface area contributed by atoms with Gasteiger partial charge in [-0.2, -0.15) is 0 Å². The summed E-state index contributed by atoms with van der Waals surface area (Å²) in [6, 6.07) is 0.402. The highest BCUT2D eigenvalue weighted by Gasteiger charge is 1.97. The number of hydrogen-bond acceptors (Lipinski definition) is 3. The molecule has 1 atom stereocenters. The van der Waals surface area contributed by atoms with Crippen molar-refractivity contribution in [3.63, 3.8) is 0 Å². The third-order valence-corrected chi connectivity index (χ3v) is 1.30. The van der Waals surface area contributed by atoms with Gasteiger partial charge in [-0.05, 0) is 13.5 Å². The molecule has 0 saturated carbocycles. The van der Waals surface area contributed by atoms with Crippen LogP contribution < -0.4 is 10.6 Å². The van der Waals surface area contributed by atoms with Crippen LogP contribution >= 0.6 is 11.9 Å². The number of nitrogens with one attached hydrogen (secondary N) is 2. The summed E-state index contributed by atoms with van der Waals surface area (Å²) < 4.78 is 4.33. The second kappa shape index (κ2) is 7.28. The van der Waals surface area contributed by atoms with Crippen molar-refractivity contribution >= 4 is 11.9 Å². The first-order chi connectivity index (χ1) is 4.81. The fourth-order valence-corrected chi connectivity index (χ4v) is 0.670. The minimum atomic E-state index is 0.397. The summed E-state index contributed by atoms with van der Waals surface area (Å²) in [5.41, 5.74) is 0. The summed E-state index contributed by atoms with van der Waals surface area (Å²) in [5, 5.41) is 6.25. The predicted molar refractivity (Wildman–Crippen MR) is 42.9 cm³/mol. The first-order valence-electron chi connectivity index (χ1n) is 3.49. The Morgan fingerprint density at radius 1 is 1.60 bits per heavy atom. The third kappa shape index (κ3) is 6.29. The van der Waals surface area contributed by atoms with Gasteiger partial charge >= 0.3 is 0 Å². The van der Waals surface area contributed by atoms with E-state index in [-0.39, 0.29) is 0 Å². The minimum Gasteiger partial charge on any atom is -0.315 e. The molecule has 0 aromatic carbocycles. The summed E-state index contributed by atoms with van der Waals surface area (Å²) in [5.74, 6) is 0. The largest absolute Gasteiger partial charge is 0.315 e. The van der Waals surface area contributed by atoms with Gasteiger partial charge in [0.15, 0.2) is 0 Å². The Bertz CT molecular complexity index is 64.8. The van der Waals surface area contributed by atoms with Crippen LogP contribution in [0.5, 0.6) is 0 Å². The molecule has 2 N–H and O–H groups in total. The number of hydrogen-bond donors (Lipinski definition) is 2. The lowest BCUT2D eigenvalue weighted by molar-refractivity contribution is 0.288. The summed E-state index contributed by atoms with van der Waals surface area (Å²) in [6.45, 7) is 6.47. The SMILES string of the molecule is CCNC[C@@H](C)NCOCl. The standard InChI is InChI=1S/C6H15ClN2O/c1-3-8-4-6(2)9-5-10-7/h6,8-9H,3-5H2,1-2H3/t6-/m1/s1. The van der Waals surface area contributed by atoms with Gasteiger partial charge in [-0.25, -0.2) is 0 Å². The van der Waals surface area contributed by atoms with E-state index in [1.807, 2.05) is 0 Å². The molecular formula is C6H15ClN2O. The summed E-state index contributed by atoms with van der Waals surface area (Å²) >= 11 is 5.00. The van der Waals surface area contributed by atoms with E-state index in [9.17, 15) is 0 Å². The van der Waals surface area contributed by atoms with Gasteiger partial charge in [0.2, 0.25) is 0 Å². The Morgan fingerprint density at radius 3 is 2.80 bits per heavy atom. The van der Waals surface area contributed by atoms with Crippen molar-refractivity contribution in [2.24, 2.45) is 0 Å². The molecule has 0 aromatic heterocycles. The Morgan fingerprint density at radius 2 is 2.30 bits per heavy atom. The van der Waals surface area contributed by atoms with Crippen molar-refractivity contribution in [3.8, 4) is 0 Å². The Labute approximate surface area is 67.3 Å². The zero-order valence-corrected chi connectivity index (χ0v) is 7.24. The van der Waals surface area contributed by atoms with Gasteiger partial charge in [0, 0.05) is 12.6 Å². The summed E-state index contributed by atoms with van der Waals surface area (Å²) in [7, 11) is 0. The molecule has 0 unspecified atom stereocenters.